The Hall–Kier alpha value is -1.31. The molecule has 0 atom stereocenters. The zero-order valence-electron chi connectivity index (χ0n) is 6.79. The molecule has 1 aromatic heterocycles. The minimum Gasteiger partial charge on any atom is -0.496 e. The fraction of sp³-hybridized carbons (Fsp3) is 0.222. The monoisotopic (exact) mass is 149 g/mol. The van der Waals surface area contributed by atoms with Gasteiger partial charge in [-0.2, -0.15) is 0 Å². The number of nitrogens with zero attached hydrogens (tertiary/aromatic N) is 1. The van der Waals surface area contributed by atoms with Crippen LogP contribution in [-0.2, 0) is 0 Å². The van der Waals surface area contributed by atoms with Crippen molar-refractivity contribution < 1.29 is 4.74 Å². The average molecular weight is 149 g/mol. The van der Waals surface area contributed by atoms with Crippen LogP contribution in [0.2, 0.25) is 0 Å². The van der Waals surface area contributed by atoms with Gasteiger partial charge in [0.2, 0.25) is 0 Å². The van der Waals surface area contributed by atoms with Crippen molar-refractivity contribution in [1.29, 1.82) is 0 Å². The fourth-order valence-corrected chi connectivity index (χ4v) is 0.960. The molecule has 0 saturated carbocycles. The molecule has 2 nitrogen and oxygen atoms in total. The number of rotatable bonds is 2. The van der Waals surface area contributed by atoms with E-state index in [1.807, 2.05) is 13.0 Å². The standard InChI is InChI=1S/C9H11NO/c1-4-8-7(2)9(11-3)5-6-10-8/h4-6H,1H2,2-3H3. The summed E-state index contributed by atoms with van der Waals surface area (Å²) in [4.78, 5) is 4.11. The first-order chi connectivity index (χ1) is 5.29. The van der Waals surface area contributed by atoms with E-state index >= 15 is 0 Å². The highest BCUT2D eigenvalue weighted by molar-refractivity contribution is 5.51. The maximum atomic E-state index is 5.10. The first-order valence-electron chi connectivity index (χ1n) is 3.41. The van der Waals surface area contributed by atoms with Crippen molar-refractivity contribution in [2.45, 2.75) is 6.92 Å². The van der Waals surface area contributed by atoms with Crippen LogP contribution in [0.5, 0.6) is 5.75 Å². The third-order valence-electron chi connectivity index (χ3n) is 1.61. The van der Waals surface area contributed by atoms with Crippen molar-refractivity contribution in [1.82, 2.24) is 4.98 Å². The SMILES string of the molecule is C=Cc1nccc(OC)c1C. The number of pyridine rings is 1. The van der Waals surface area contributed by atoms with Gasteiger partial charge in [0, 0.05) is 11.8 Å². The van der Waals surface area contributed by atoms with Gasteiger partial charge in [-0.15, -0.1) is 0 Å². The van der Waals surface area contributed by atoms with E-state index in [2.05, 4.69) is 11.6 Å². The molecular weight excluding hydrogens is 138 g/mol. The lowest BCUT2D eigenvalue weighted by atomic mass is 10.2. The molecule has 0 radical (unpaired) electrons. The van der Waals surface area contributed by atoms with Crippen molar-refractivity contribution >= 4 is 6.08 Å². The summed E-state index contributed by atoms with van der Waals surface area (Å²) in [5.74, 6) is 0.856. The van der Waals surface area contributed by atoms with Crippen LogP contribution in [-0.4, -0.2) is 12.1 Å². The molecule has 0 aliphatic rings. The Bertz CT molecular complexity index is 268. The minimum atomic E-state index is 0.856. The Labute approximate surface area is 66.5 Å². The van der Waals surface area contributed by atoms with Crippen molar-refractivity contribution in [2.24, 2.45) is 0 Å². The van der Waals surface area contributed by atoms with Crippen LogP contribution in [0.25, 0.3) is 6.08 Å². The highest BCUT2D eigenvalue weighted by atomic mass is 16.5. The molecular formula is C9H11NO. The molecule has 0 saturated heterocycles. The first kappa shape index (κ1) is 7.79. The van der Waals surface area contributed by atoms with Gasteiger partial charge in [0.1, 0.15) is 5.75 Å². The van der Waals surface area contributed by atoms with E-state index in [0.717, 1.165) is 17.0 Å². The summed E-state index contributed by atoms with van der Waals surface area (Å²) in [5.41, 5.74) is 1.91. The molecule has 0 fully saturated rings. The molecule has 58 valence electrons. The van der Waals surface area contributed by atoms with E-state index < -0.39 is 0 Å². The summed E-state index contributed by atoms with van der Waals surface area (Å²) in [6.45, 7) is 5.61. The molecule has 0 unspecified atom stereocenters. The summed E-state index contributed by atoms with van der Waals surface area (Å²) in [6.07, 6.45) is 3.43. The first-order valence-corrected chi connectivity index (χ1v) is 3.41. The Morgan fingerprint density at radius 3 is 2.91 bits per heavy atom. The van der Waals surface area contributed by atoms with Crippen LogP contribution < -0.4 is 4.74 Å². The van der Waals surface area contributed by atoms with E-state index in [1.54, 1.807) is 19.4 Å². The Morgan fingerprint density at radius 1 is 1.64 bits per heavy atom. The number of methoxy groups -OCH3 is 1. The van der Waals surface area contributed by atoms with Gasteiger partial charge < -0.3 is 4.74 Å². The predicted octanol–water partition coefficient (Wildman–Crippen LogP) is 2.04. The molecule has 2 heteroatoms. The molecule has 1 rings (SSSR count). The van der Waals surface area contributed by atoms with Crippen molar-refractivity contribution in [2.75, 3.05) is 7.11 Å². The average Bonchev–Trinajstić information content (AvgIpc) is 2.05. The maximum absolute atomic E-state index is 5.10. The molecule has 0 amide bonds. The topological polar surface area (TPSA) is 22.1 Å². The Kier molecular flexibility index (Phi) is 2.26. The summed E-state index contributed by atoms with van der Waals surface area (Å²) in [5, 5.41) is 0. The largest absolute Gasteiger partial charge is 0.496 e. The minimum absolute atomic E-state index is 0.856. The van der Waals surface area contributed by atoms with Gasteiger partial charge in [-0.1, -0.05) is 6.58 Å². The molecule has 11 heavy (non-hydrogen) atoms. The number of hydrogen-bond acceptors (Lipinski definition) is 2. The van der Waals surface area contributed by atoms with Crippen LogP contribution in [0.4, 0.5) is 0 Å². The molecule has 0 aromatic carbocycles. The summed E-state index contributed by atoms with van der Waals surface area (Å²) >= 11 is 0. The highest BCUT2D eigenvalue weighted by Gasteiger charge is 2.00. The van der Waals surface area contributed by atoms with Crippen LogP contribution >= 0.6 is 0 Å². The Balaban J connectivity index is 3.20. The zero-order valence-corrected chi connectivity index (χ0v) is 6.79. The molecule has 0 spiro atoms. The normalized spacial score (nSPS) is 9.27. The van der Waals surface area contributed by atoms with Gasteiger partial charge in [0.05, 0.1) is 12.8 Å². The van der Waals surface area contributed by atoms with Crippen LogP contribution in [0, 0.1) is 6.92 Å². The smallest absolute Gasteiger partial charge is 0.125 e. The maximum Gasteiger partial charge on any atom is 0.125 e. The number of aromatic nitrogens is 1. The molecule has 1 heterocycles. The van der Waals surface area contributed by atoms with E-state index in [-0.39, 0.29) is 0 Å². The summed E-state index contributed by atoms with van der Waals surface area (Å²) < 4.78 is 5.10. The molecule has 0 aliphatic carbocycles. The third kappa shape index (κ3) is 1.40. The number of hydrogen-bond donors (Lipinski definition) is 0. The zero-order chi connectivity index (χ0) is 8.27. The van der Waals surface area contributed by atoms with Crippen LogP contribution in [0.15, 0.2) is 18.8 Å². The fourth-order valence-electron chi connectivity index (χ4n) is 0.960. The molecule has 0 N–H and O–H groups in total. The van der Waals surface area contributed by atoms with E-state index in [9.17, 15) is 0 Å². The van der Waals surface area contributed by atoms with Crippen molar-refractivity contribution in [3.05, 3.63) is 30.1 Å². The van der Waals surface area contributed by atoms with Gasteiger partial charge in [-0.3, -0.25) is 4.98 Å². The van der Waals surface area contributed by atoms with Gasteiger partial charge in [0.15, 0.2) is 0 Å². The molecule has 0 aliphatic heterocycles. The van der Waals surface area contributed by atoms with Crippen LogP contribution in [0.1, 0.15) is 11.3 Å². The van der Waals surface area contributed by atoms with Gasteiger partial charge >= 0.3 is 0 Å². The second-order valence-electron chi connectivity index (χ2n) is 2.23. The third-order valence-corrected chi connectivity index (χ3v) is 1.61. The van der Waals surface area contributed by atoms with E-state index in [0.29, 0.717) is 0 Å². The van der Waals surface area contributed by atoms with Gasteiger partial charge in [-0.05, 0) is 19.1 Å². The lowest BCUT2D eigenvalue weighted by molar-refractivity contribution is 0.411. The molecule has 0 bridgehead atoms. The quantitative estimate of drug-likeness (QED) is 0.642. The lowest BCUT2D eigenvalue weighted by Crippen LogP contribution is -1.91. The van der Waals surface area contributed by atoms with E-state index in [4.69, 9.17) is 4.74 Å². The van der Waals surface area contributed by atoms with Gasteiger partial charge in [-0.25, -0.2) is 0 Å². The molecule has 1 aromatic rings. The van der Waals surface area contributed by atoms with E-state index in [1.165, 1.54) is 0 Å². The van der Waals surface area contributed by atoms with Crippen molar-refractivity contribution in [3.8, 4) is 5.75 Å². The summed E-state index contributed by atoms with van der Waals surface area (Å²) in [7, 11) is 1.65. The number of ether oxygens (including phenoxy) is 1. The Morgan fingerprint density at radius 2 is 2.36 bits per heavy atom. The second-order valence-corrected chi connectivity index (χ2v) is 2.23. The van der Waals surface area contributed by atoms with Gasteiger partial charge in [0.25, 0.3) is 0 Å². The lowest BCUT2D eigenvalue weighted by Gasteiger charge is -2.04. The highest BCUT2D eigenvalue weighted by Crippen LogP contribution is 2.18. The summed E-state index contributed by atoms with van der Waals surface area (Å²) in [6, 6.07) is 1.84. The van der Waals surface area contributed by atoms with Crippen molar-refractivity contribution in [3.63, 3.8) is 0 Å². The predicted molar refractivity (Wildman–Crippen MR) is 45.6 cm³/mol. The van der Waals surface area contributed by atoms with Crippen LogP contribution in [0.3, 0.4) is 0 Å². The second kappa shape index (κ2) is 3.19.